The highest BCUT2D eigenvalue weighted by Crippen LogP contribution is 2.52. The molecule has 0 unspecified atom stereocenters. The molecule has 2 aliphatic rings. The summed E-state index contributed by atoms with van der Waals surface area (Å²) in [6.07, 6.45) is 3.72. The molecule has 2 fully saturated rings. The second-order valence-corrected chi connectivity index (χ2v) is 6.50. The van der Waals surface area contributed by atoms with E-state index in [2.05, 4.69) is 13.8 Å². The Morgan fingerprint density at radius 1 is 1.48 bits per heavy atom. The molecule has 0 radical (unpaired) electrons. The highest BCUT2D eigenvalue weighted by molar-refractivity contribution is 5.69. The fourth-order valence-electron chi connectivity index (χ4n) is 3.62. The SMILES string of the molecule is CC1(C)[C@@H]2OCCC[C@@H]2[C@H]1OC(=O)Cn1ccccc1=O. The van der Waals surface area contributed by atoms with Gasteiger partial charge >= 0.3 is 5.97 Å². The van der Waals surface area contributed by atoms with Crippen molar-refractivity contribution in [3.63, 3.8) is 0 Å². The van der Waals surface area contributed by atoms with Crippen molar-refractivity contribution in [3.8, 4) is 0 Å². The predicted octanol–water partition coefficient (Wildman–Crippen LogP) is 1.60. The molecule has 21 heavy (non-hydrogen) atoms. The van der Waals surface area contributed by atoms with Crippen molar-refractivity contribution in [1.29, 1.82) is 0 Å². The lowest BCUT2D eigenvalue weighted by molar-refractivity contribution is -0.255. The first-order chi connectivity index (χ1) is 10.00. The van der Waals surface area contributed by atoms with Crippen LogP contribution in [0.25, 0.3) is 0 Å². The van der Waals surface area contributed by atoms with Crippen molar-refractivity contribution in [3.05, 3.63) is 34.7 Å². The van der Waals surface area contributed by atoms with E-state index in [1.165, 1.54) is 10.6 Å². The zero-order valence-corrected chi connectivity index (χ0v) is 12.5. The number of hydrogen-bond donors (Lipinski definition) is 0. The van der Waals surface area contributed by atoms with Crippen LogP contribution in [0.4, 0.5) is 0 Å². The van der Waals surface area contributed by atoms with Gasteiger partial charge < -0.3 is 14.0 Å². The molecule has 0 amide bonds. The Hall–Kier alpha value is -1.62. The average Bonchev–Trinajstić information content (AvgIpc) is 2.47. The second-order valence-electron chi connectivity index (χ2n) is 6.50. The van der Waals surface area contributed by atoms with Crippen molar-refractivity contribution < 1.29 is 14.3 Å². The number of ether oxygens (including phenoxy) is 2. The molecule has 1 aromatic heterocycles. The Morgan fingerprint density at radius 3 is 3.05 bits per heavy atom. The van der Waals surface area contributed by atoms with Crippen LogP contribution >= 0.6 is 0 Å². The lowest BCUT2D eigenvalue weighted by Crippen LogP contribution is -2.65. The van der Waals surface area contributed by atoms with E-state index < -0.39 is 0 Å². The lowest BCUT2D eigenvalue weighted by Gasteiger charge is -2.58. The normalized spacial score (nSPS) is 30.1. The standard InChI is InChI=1S/C16H21NO4/c1-16(2)14-11(6-5-9-20-14)15(16)21-13(19)10-17-8-4-3-7-12(17)18/h3-4,7-8,11,14-15H,5-6,9-10H2,1-2H3/t11-,14+,15+/m0/s1. The third-order valence-corrected chi connectivity index (χ3v) is 4.68. The highest BCUT2D eigenvalue weighted by atomic mass is 16.6. The van der Waals surface area contributed by atoms with Gasteiger partial charge in [0.15, 0.2) is 0 Å². The van der Waals surface area contributed by atoms with Crippen LogP contribution in [0, 0.1) is 11.3 Å². The molecular weight excluding hydrogens is 270 g/mol. The maximum atomic E-state index is 12.1. The highest BCUT2D eigenvalue weighted by Gasteiger charge is 2.60. The fraction of sp³-hybridized carbons (Fsp3) is 0.625. The van der Waals surface area contributed by atoms with Gasteiger partial charge in [-0.1, -0.05) is 19.9 Å². The van der Waals surface area contributed by atoms with Crippen molar-refractivity contribution in [2.75, 3.05) is 6.61 Å². The number of aromatic nitrogens is 1. The van der Waals surface area contributed by atoms with Crippen LogP contribution in [0.15, 0.2) is 29.2 Å². The number of hydrogen-bond acceptors (Lipinski definition) is 4. The summed E-state index contributed by atoms with van der Waals surface area (Å²) in [5.74, 6) is -0.0596. The Morgan fingerprint density at radius 2 is 2.29 bits per heavy atom. The van der Waals surface area contributed by atoms with Gasteiger partial charge in [0.1, 0.15) is 12.6 Å². The van der Waals surface area contributed by atoms with Crippen LogP contribution in [0.1, 0.15) is 26.7 Å². The minimum Gasteiger partial charge on any atom is -0.460 e. The van der Waals surface area contributed by atoms with Crippen molar-refractivity contribution in [2.45, 2.75) is 45.4 Å². The van der Waals surface area contributed by atoms with Gasteiger partial charge in [0, 0.05) is 30.2 Å². The van der Waals surface area contributed by atoms with E-state index in [4.69, 9.17) is 9.47 Å². The van der Waals surface area contributed by atoms with Gasteiger partial charge in [0.05, 0.1) is 6.10 Å². The van der Waals surface area contributed by atoms with E-state index in [-0.39, 0.29) is 35.7 Å². The summed E-state index contributed by atoms with van der Waals surface area (Å²) >= 11 is 0. The first-order valence-electron chi connectivity index (χ1n) is 7.46. The lowest BCUT2D eigenvalue weighted by atomic mass is 9.57. The number of esters is 1. The minimum absolute atomic E-state index is 0.0372. The summed E-state index contributed by atoms with van der Waals surface area (Å²) < 4.78 is 12.8. The van der Waals surface area contributed by atoms with Gasteiger partial charge in [-0.05, 0) is 18.9 Å². The van der Waals surface area contributed by atoms with Crippen molar-refractivity contribution in [2.24, 2.45) is 11.3 Å². The number of carbonyl (C=O) groups excluding carboxylic acids is 1. The van der Waals surface area contributed by atoms with Crippen LogP contribution in [0.5, 0.6) is 0 Å². The molecule has 0 aromatic carbocycles. The first-order valence-corrected chi connectivity index (χ1v) is 7.46. The van der Waals surface area contributed by atoms with E-state index in [1.54, 1.807) is 18.3 Å². The molecule has 1 aromatic rings. The maximum Gasteiger partial charge on any atom is 0.326 e. The monoisotopic (exact) mass is 291 g/mol. The van der Waals surface area contributed by atoms with E-state index in [1.807, 2.05) is 0 Å². The minimum atomic E-state index is -0.356. The molecule has 3 atom stereocenters. The molecule has 1 aliphatic carbocycles. The van der Waals surface area contributed by atoms with Crippen LogP contribution in [0.2, 0.25) is 0 Å². The Bertz CT molecular complexity index is 592. The molecule has 1 aliphatic heterocycles. The van der Waals surface area contributed by atoms with Crippen LogP contribution < -0.4 is 5.56 Å². The zero-order chi connectivity index (χ0) is 15.0. The average molecular weight is 291 g/mol. The third kappa shape index (κ3) is 2.50. The molecular formula is C16H21NO4. The van der Waals surface area contributed by atoms with E-state index in [0.29, 0.717) is 5.92 Å². The topological polar surface area (TPSA) is 57.5 Å². The molecule has 0 N–H and O–H groups in total. The van der Waals surface area contributed by atoms with Gasteiger partial charge in [-0.25, -0.2) is 0 Å². The quantitative estimate of drug-likeness (QED) is 0.794. The summed E-state index contributed by atoms with van der Waals surface area (Å²) in [7, 11) is 0. The molecule has 1 saturated heterocycles. The van der Waals surface area contributed by atoms with Gasteiger partial charge in [0.25, 0.3) is 5.56 Å². The number of nitrogens with zero attached hydrogens (tertiary/aromatic N) is 1. The summed E-state index contributed by atoms with van der Waals surface area (Å²) in [6, 6.07) is 4.82. The van der Waals surface area contributed by atoms with Crippen LogP contribution in [-0.2, 0) is 20.8 Å². The molecule has 0 spiro atoms. The second kappa shape index (κ2) is 5.30. The Balaban J connectivity index is 1.65. The number of rotatable bonds is 3. The van der Waals surface area contributed by atoms with E-state index >= 15 is 0 Å². The predicted molar refractivity (Wildman–Crippen MR) is 76.8 cm³/mol. The van der Waals surface area contributed by atoms with Crippen LogP contribution in [0.3, 0.4) is 0 Å². The van der Waals surface area contributed by atoms with Gasteiger partial charge in [-0.15, -0.1) is 0 Å². The van der Waals surface area contributed by atoms with Gasteiger partial charge in [0.2, 0.25) is 0 Å². The summed E-state index contributed by atoms with van der Waals surface area (Å²) in [4.78, 5) is 23.7. The third-order valence-electron chi connectivity index (χ3n) is 4.68. The summed E-state index contributed by atoms with van der Waals surface area (Å²) in [5, 5.41) is 0. The molecule has 0 bridgehead atoms. The zero-order valence-electron chi connectivity index (χ0n) is 12.5. The number of fused-ring (bicyclic) bond motifs is 1. The first kappa shape index (κ1) is 14.3. The van der Waals surface area contributed by atoms with Crippen molar-refractivity contribution in [1.82, 2.24) is 4.57 Å². The number of carbonyl (C=O) groups is 1. The van der Waals surface area contributed by atoms with E-state index in [9.17, 15) is 9.59 Å². The molecule has 2 heterocycles. The van der Waals surface area contributed by atoms with Crippen molar-refractivity contribution >= 4 is 5.97 Å². The fourth-order valence-corrected chi connectivity index (χ4v) is 3.62. The maximum absolute atomic E-state index is 12.1. The molecule has 3 rings (SSSR count). The van der Waals surface area contributed by atoms with Crippen LogP contribution in [-0.4, -0.2) is 29.4 Å². The van der Waals surface area contributed by atoms with Gasteiger partial charge in [-0.3, -0.25) is 9.59 Å². The number of pyridine rings is 1. The molecule has 5 nitrogen and oxygen atoms in total. The summed E-state index contributed by atoms with van der Waals surface area (Å²) in [6.45, 7) is 4.91. The smallest absolute Gasteiger partial charge is 0.326 e. The molecule has 1 saturated carbocycles. The Labute approximate surface area is 123 Å². The summed E-state index contributed by atoms with van der Waals surface area (Å²) in [5.41, 5.74) is -0.344. The Kier molecular flexibility index (Phi) is 3.61. The largest absolute Gasteiger partial charge is 0.460 e. The van der Waals surface area contributed by atoms with Gasteiger partial charge in [-0.2, -0.15) is 0 Å². The van der Waals surface area contributed by atoms with E-state index in [0.717, 1.165) is 19.4 Å². The molecule has 5 heteroatoms. The molecule has 114 valence electrons.